The van der Waals surface area contributed by atoms with Crippen molar-refractivity contribution in [1.82, 2.24) is 4.90 Å². The number of fused-ring (bicyclic) bond motifs is 1. The number of carboxylic acids is 1. The minimum atomic E-state index is -0.858. The molecule has 3 rings (SSSR count). The Labute approximate surface area is 148 Å². The summed E-state index contributed by atoms with van der Waals surface area (Å²) in [7, 11) is 0. The number of carbonyl (C=O) groups is 2. The van der Waals surface area contributed by atoms with Crippen LogP contribution in [0.4, 0.5) is 4.79 Å². The summed E-state index contributed by atoms with van der Waals surface area (Å²) < 4.78 is 5.40. The van der Waals surface area contributed by atoms with Gasteiger partial charge in [0.05, 0.1) is 5.92 Å². The molecule has 1 aliphatic heterocycles. The molecule has 1 heterocycles. The van der Waals surface area contributed by atoms with Gasteiger partial charge in [0, 0.05) is 19.0 Å². The van der Waals surface area contributed by atoms with Gasteiger partial charge in [0.1, 0.15) is 5.60 Å². The van der Waals surface area contributed by atoms with E-state index in [1.165, 1.54) is 10.5 Å². The lowest BCUT2D eigenvalue weighted by Gasteiger charge is -2.38. The zero-order chi connectivity index (χ0) is 18.2. The van der Waals surface area contributed by atoms with Crippen molar-refractivity contribution in [3.05, 3.63) is 41.5 Å². The second kappa shape index (κ2) is 6.54. The highest BCUT2D eigenvalue weighted by molar-refractivity contribution is 5.81. The number of carboxylic acid groups (broad SMARTS) is 1. The summed E-state index contributed by atoms with van der Waals surface area (Å²) >= 11 is 0. The molecular weight excluding hydrogens is 318 g/mol. The fourth-order valence-corrected chi connectivity index (χ4v) is 3.73. The maximum atomic E-state index is 12.3. The Morgan fingerprint density at radius 1 is 1.24 bits per heavy atom. The Kier molecular flexibility index (Phi) is 4.58. The minimum Gasteiger partial charge on any atom is -0.481 e. The molecule has 1 fully saturated rings. The molecule has 2 atom stereocenters. The maximum absolute atomic E-state index is 12.3. The Bertz CT molecular complexity index is 717. The van der Waals surface area contributed by atoms with Gasteiger partial charge in [-0.2, -0.15) is 0 Å². The zero-order valence-electron chi connectivity index (χ0n) is 15.0. The molecule has 5 nitrogen and oxygen atoms in total. The Morgan fingerprint density at radius 2 is 1.96 bits per heavy atom. The SMILES string of the molecule is CC(C)(C)OC(=O)N1CC[C@H](C2=CCc3ccccc32)[C@H](C(=O)O)C1. The number of aliphatic carboxylic acids is 1. The van der Waals surface area contributed by atoms with Gasteiger partial charge in [0.2, 0.25) is 0 Å². The van der Waals surface area contributed by atoms with Crippen LogP contribution in [0.15, 0.2) is 30.3 Å². The van der Waals surface area contributed by atoms with E-state index in [1.54, 1.807) is 0 Å². The van der Waals surface area contributed by atoms with Crippen molar-refractivity contribution in [3.63, 3.8) is 0 Å². The Hall–Kier alpha value is -2.30. The number of hydrogen-bond donors (Lipinski definition) is 1. The van der Waals surface area contributed by atoms with Crippen molar-refractivity contribution in [1.29, 1.82) is 0 Å². The molecular formula is C20H25NO4. The predicted octanol–water partition coefficient (Wildman–Crippen LogP) is 3.58. The van der Waals surface area contributed by atoms with E-state index >= 15 is 0 Å². The van der Waals surface area contributed by atoms with E-state index in [0.717, 1.165) is 17.6 Å². The Morgan fingerprint density at radius 3 is 2.64 bits per heavy atom. The minimum absolute atomic E-state index is 0.0696. The summed E-state index contributed by atoms with van der Waals surface area (Å²) in [6, 6.07) is 8.15. The van der Waals surface area contributed by atoms with Crippen LogP contribution in [0.1, 0.15) is 38.3 Å². The van der Waals surface area contributed by atoms with Crippen molar-refractivity contribution in [2.45, 2.75) is 39.2 Å². The molecule has 0 saturated carbocycles. The highest BCUT2D eigenvalue weighted by Gasteiger charge is 2.40. The van der Waals surface area contributed by atoms with E-state index in [9.17, 15) is 14.7 Å². The molecule has 1 saturated heterocycles. The van der Waals surface area contributed by atoms with Crippen LogP contribution in [-0.4, -0.2) is 40.8 Å². The molecule has 134 valence electrons. The first kappa shape index (κ1) is 17.5. The maximum Gasteiger partial charge on any atom is 0.410 e. The molecule has 1 aliphatic carbocycles. The van der Waals surface area contributed by atoms with E-state index in [-0.39, 0.29) is 12.5 Å². The monoisotopic (exact) mass is 343 g/mol. The van der Waals surface area contributed by atoms with E-state index in [0.29, 0.717) is 13.0 Å². The summed E-state index contributed by atoms with van der Waals surface area (Å²) in [6.45, 7) is 6.14. The number of nitrogens with zero attached hydrogens (tertiary/aromatic N) is 1. The molecule has 1 aromatic carbocycles. The Balaban J connectivity index is 1.78. The van der Waals surface area contributed by atoms with Crippen LogP contribution in [0, 0.1) is 11.8 Å². The second-order valence-electron chi connectivity index (χ2n) is 7.79. The first-order valence-electron chi connectivity index (χ1n) is 8.75. The fraction of sp³-hybridized carbons (Fsp3) is 0.500. The van der Waals surface area contributed by atoms with Crippen molar-refractivity contribution < 1.29 is 19.4 Å². The highest BCUT2D eigenvalue weighted by atomic mass is 16.6. The molecule has 0 spiro atoms. The summed E-state index contributed by atoms with van der Waals surface area (Å²) in [5.41, 5.74) is 2.94. The highest BCUT2D eigenvalue weighted by Crippen LogP contribution is 2.40. The van der Waals surface area contributed by atoms with Crippen molar-refractivity contribution >= 4 is 17.6 Å². The molecule has 0 aromatic heterocycles. The third-order valence-electron chi connectivity index (χ3n) is 4.85. The topological polar surface area (TPSA) is 66.8 Å². The van der Waals surface area contributed by atoms with Crippen LogP contribution < -0.4 is 0 Å². The lowest BCUT2D eigenvalue weighted by molar-refractivity contribution is -0.144. The standard InChI is InChI=1S/C20H25NO4/c1-20(2,3)25-19(24)21-11-10-16(17(12-21)18(22)23)15-9-8-13-6-4-5-7-14(13)15/h4-7,9,16-17H,8,10-12H2,1-3H3,(H,22,23)/t16-,17-/m1/s1. The largest absolute Gasteiger partial charge is 0.481 e. The van der Waals surface area contributed by atoms with Gasteiger partial charge in [-0.25, -0.2) is 4.79 Å². The van der Waals surface area contributed by atoms with Gasteiger partial charge in [-0.1, -0.05) is 30.3 Å². The number of allylic oxidation sites excluding steroid dienone is 2. The number of piperidine rings is 1. The van der Waals surface area contributed by atoms with Crippen LogP contribution in [0.25, 0.3) is 5.57 Å². The average molecular weight is 343 g/mol. The fourth-order valence-electron chi connectivity index (χ4n) is 3.73. The van der Waals surface area contributed by atoms with Gasteiger partial charge in [-0.3, -0.25) is 4.79 Å². The van der Waals surface area contributed by atoms with E-state index in [1.807, 2.05) is 32.9 Å². The first-order valence-corrected chi connectivity index (χ1v) is 8.75. The number of likely N-dealkylation sites (tertiary alicyclic amines) is 1. The van der Waals surface area contributed by atoms with Crippen LogP contribution in [-0.2, 0) is 16.0 Å². The van der Waals surface area contributed by atoms with Crippen molar-refractivity contribution in [2.24, 2.45) is 11.8 Å². The first-order chi connectivity index (χ1) is 11.8. The quantitative estimate of drug-likeness (QED) is 0.891. The van der Waals surface area contributed by atoms with Crippen LogP contribution in [0.5, 0.6) is 0 Å². The van der Waals surface area contributed by atoms with Crippen molar-refractivity contribution in [3.8, 4) is 0 Å². The molecule has 0 unspecified atom stereocenters. The predicted molar refractivity (Wildman–Crippen MR) is 95.2 cm³/mol. The number of rotatable bonds is 2. The molecule has 0 radical (unpaired) electrons. The molecule has 1 amide bonds. The number of ether oxygens (including phenoxy) is 1. The summed E-state index contributed by atoms with van der Waals surface area (Å²) in [6.07, 6.45) is 3.20. The molecule has 0 bridgehead atoms. The van der Waals surface area contributed by atoms with E-state index in [2.05, 4.69) is 18.2 Å². The van der Waals surface area contributed by atoms with Crippen LogP contribution >= 0.6 is 0 Å². The number of amides is 1. The molecule has 1 N–H and O–H groups in total. The van der Waals surface area contributed by atoms with Gasteiger partial charge >= 0.3 is 12.1 Å². The van der Waals surface area contributed by atoms with Crippen molar-refractivity contribution in [2.75, 3.05) is 13.1 Å². The lowest BCUT2D eigenvalue weighted by atomic mass is 9.78. The lowest BCUT2D eigenvalue weighted by Crippen LogP contribution is -2.48. The summed E-state index contributed by atoms with van der Waals surface area (Å²) in [4.78, 5) is 25.7. The number of benzene rings is 1. The normalized spacial score (nSPS) is 23.0. The second-order valence-corrected chi connectivity index (χ2v) is 7.79. The molecule has 2 aliphatic rings. The molecule has 25 heavy (non-hydrogen) atoms. The van der Waals surface area contributed by atoms with Gasteiger partial charge in [-0.05, 0) is 50.3 Å². The smallest absolute Gasteiger partial charge is 0.410 e. The zero-order valence-corrected chi connectivity index (χ0v) is 15.0. The van der Waals surface area contributed by atoms with Gasteiger partial charge in [-0.15, -0.1) is 0 Å². The van der Waals surface area contributed by atoms with Gasteiger partial charge in [0.15, 0.2) is 0 Å². The summed E-state index contributed by atoms with van der Waals surface area (Å²) in [5.74, 6) is -1.54. The van der Waals surface area contributed by atoms with Gasteiger partial charge < -0.3 is 14.7 Å². The molecule has 5 heteroatoms. The van der Waals surface area contributed by atoms with Crippen LogP contribution in [0.2, 0.25) is 0 Å². The third kappa shape index (κ3) is 3.70. The summed E-state index contributed by atoms with van der Waals surface area (Å²) in [5, 5.41) is 9.74. The number of hydrogen-bond acceptors (Lipinski definition) is 3. The van der Waals surface area contributed by atoms with E-state index in [4.69, 9.17) is 4.74 Å². The number of carbonyl (C=O) groups excluding carboxylic acids is 1. The third-order valence-corrected chi connectivity index (χ3v) is 4.85. The average Bonchev–Trinajstić information content (AvgIpc) is 2.96. The van der Waals surface area contributed by atoms with E-state index < -0.39 is 23.6 Å². The molecule has 1 aromatic rings. The van der Waals surface area contributed by atoms with Crippen LogP contribution in [0.3, 0.4) is 0 Å². The van der Waals surface area contributed by atoms with Gasteiger partial charge in [0.25, 0.3) is 0 Å².